The van der Waals surface area contributed by atoms with E-state index in [0.29, 0.717) is 26.2 Å². The lowest BCUT2D eigenvalue weighted by atomic mass is 10.1. The largest absolute Gasteiger partial charge is 0.379 e. The molecular formula is C19H22N2O4. The Kier molecular flexibility index (Phi) is 5.63. The van der Waals surface area contributed by atoms with Gasteiger partial charge in [-0.1, -0.05) is 30.3 Å². The molecule has 3 rings (SSSR count). The van der Waals surface area contributed by atoms with Crippen molar-refractivity contribution in [2.75, 3.05) is 13.2 Å². The molecule has 25 heavy (non-hydrogen) atoms. The Morgan fingerprint density at radius 1 is 1.36 bits per heavy atom. The molecule has 2 aromatic rings. The Balaban J connectivity index is 1.64. The molecule has 0 unspecified atom stereocenters. The maximum absolute atomic E-state index is 12.4. The molecule has 1 aromatic carbocycles. The fraction of sp³-hybridized carbons (Fsp3) is 0.368. The van der Waals surface area contributed by atoms with Crippen LogP contribution in [0.2, 0.25) is 0 Å². The van der Waals surface area contributed by atoms with Crippen molar-refractivity contribution >= 4 is 5.91 Å². The number of H-pyrrole nitrogens is 1. The minimum atomic E-state index is -0.388. The first-order valence-electron chi connectivity index (χ1n) is 8.37. The number of nitrogens with one attached hydrogen (secondary N) is 2. The van der Waals surface area contributed by atoms with Gasteiger partial charge < -0.3 is 19.8 Å². The molecule has 1 aliphatic rings. The molecule has 6 nitrogen and oxygen atoms in total. The number of hydrogen-bond acceptors (Lipinski definition) is 4. The third-order valence-electron chi connectivity index (χ3n) is 4.23. The van der Waals surface area contributed by atoms with E-state index in [1.54, 1.807) is 6.92 Å². The molecule has 1 amide bonds. The molecule has 0 saturated carbocycles. The van der Waals surface area contributed by atoms with Crippen molar-refractivity contribution < 1.29 is 14.3 Å². The number of aromatic amines is 1. The van der Waals surface area contributed by atoms with Gasteiger partial charge in [-0.15, -0.1) is 0 Å². The average Bonchev–Trinajstić information content (AvgIpc) is 2.61. The fourth-order valence-corrected chi connectivity index (χ4v) is 2.82. The predicted octanol–water partition coefficient (Wildman–Crippen LogP) is 1.79. The summed E-state index contributed by atoms with van der Waals surface area (Å²) in [5.74, 6) is -0.388. The first-order chi connectivity index (χ1) is 12.1. The first-order valence-corrected chi connectivity index (χ1v) is 8.37. The van der Waals surface area contributed by atoms with E-state index in [4.69, 9.17) is 9.47 Å². The molecule has 2 atom stereocenters. The normalized spacial score (nSPS) is 20.2. The summed E-state index contributed by atoms with van der Waals surface area (Å²) in [7, 11) is 0. The SMILES string of the molecule is Cc1cc(=O)c(C(=O)N[C@@H]2CCOC[C@H]2OCc2ccccc2)c[nH]1. The van der Waals surface area contributed by atoms with Crippen LogP contribution in [0.15, 0.2) is 47.4 Å². The quantitative estimate of drug-likeness (QED) is 0.868. The zero-order valence-corrected chi connectivity index (χ0v) is 14.2. The molecule has 1 aliphatic heterocycles. The summed E-state index contributed by atoms with van der Waals surface area (Å²) in [4.78, 5) is 27.3. The van der Waals surface area contributed by atoms with E-state index in [2.05, 4.69) is 10.3 Å². The lowest BCUT2D eigenvalue weighted by molar-refractivity contribution is -0.0736. The molecule has 0 aliphatic carbocycles. The maximum atomic E-state index is 12.4. The van der Waals surface area contributed by atoms with Crippen LogP contribution in [0.25, 0.3) is 0 Å². The zero-order chi connectivity index (χ0) is 17.6. The molecule has 6 heteroatoms. The van der Waals surface area contributed by atoms with Gasteiger partial charge in [-0.3, -0.25) is 9.59 Å². The van der Waals surface area contributed by atoms with E-state index in [-0.39, 0.29) is 29.0 Å². The van der Waals surface area contributed by atoms with Crippen molar-refractivity contribution in [2.45, 2.75) is 32.1 Å². The number of amides is 1. The number of rotatable bonds is 5. The van der Waals surface area contributed by atoms with Gasteiger partial charge >= 0.3 is 0 Å². The average molecular weight is 342 g/mol. The monoisotopic (exact) mass is 342 g/mol. The summed E-state index contributed by atoms with van der Waals surface area (Å²) in [5.41, 5.74) is 1.60. The molecule has 2 heterocycles. The van der Waals surface area contributed by atoms with Crippen LogP contribution in [-0.2, 0) is 16.1 Å². The van der Waals surface area contributed by atoms with Crippen LogP contribution < -0.4 is 10.7 Å². The van der Waals surface area contributed by atoms with E-state index in [1.165, 1.54) is 12.3 Å². The maximum Gasteiger partial charge on any atom is 0.257 e. The first kappa shape index (κ1) is 17.4. The second-order valence-electron chi connectivity index (χ2n) is 6.17. The second kappa shape index (κ2) is 8.09. The number of aryl methyl sites for hydroxylation is 1. The highest BCUT2D eigenvalue weighted by Crippen LogP contribution is 2.14. The highest BCUT2D eigenvalue weighted by molar-refractivity contribution is 5.94. The molecule has 1 fully saturated rings. The fourth-order valence-electron chi connectivity index (χ4n) is 2.82. The van der Waals surface area contributed by atoms with Gasteiger partial charge in [0.15, 0.2) is 5.43 Å². The van der Waals surface area contributed by atoms with Crippen molar-refractivity contribution in [1.29, 1.82) is 0 Å². The van der Waals surface area contributed by atoms with Gasteiger partial charge in [-0.2, -0.15) is 0 Å². The summed E-state index contributed by atoms with van der Waals surface area (Å²) in [6.45, 7) is 3.20. The number of pyridine rings is 1. The molecule has 1 aromatic heterocycles. The van der Waals surface area contributed by atoms with Crippen molar-refractivity contribution in [3.05, 3.63) is 69.6 Å². The molecule has 132 valence electrons. The van der Waals surface area contributed by atoms with E-state index >= 15 is 0 Å². The molecule has 0 radical (unpaired) electrons. The molecule has 2 N–H and O–H groups in total. The van der Waals surface area contributed by atoms with Crippen LogP contribution in [0.5, 0.6) is 0 Å². The van der Waals surface area contributed by atoms with E-state index in [9.17, 15) is 9.59 Å². The Morgan fingerprint density at radius 2 is 2.16 bits per heavy atom. The number of hydrogen-bond donors (Lipinski definition) is 2. The van der Waals surface area contributed by atoms with Crippen molar-refractivity contribution in [1.82, 2.24) is 10.3 Å². The number of carbonyl (C=O) groups is 1. The Labute approximate surface area is 146 Å². The Morgan fingerprint density at radius 3 is 2.92 bits per heavy atom. The van der Waals surface area contributed by atoms with Gasteiger partial charge in [0.25, 0.3) is 5.91 Å². The smallest absolute Gasteiger partial charge is 0.257 e. The minimum absolute atomic E-state index is 0.110. The summed E-state index contributed by atoms with van der Waals surface area (Å²) in [6.07, 6.45) is 1.85. The van der Waals surface area contributed by atoms with Crippen molar-refractivity contribution in [3.63, 3.8) is 0 Å². The number of benzene rings is 1. The molecule has 0 bridgehead atoms. The van der Waals surface area contributed by atoms with E-state index in [1.807, 2.05) is 30.3 Å². The lowest BCUT2D eigenvalue weighted by Crippen LogP contribution is -2.50. The van der Waals surface area contributed by atoms with Crippen LogP contribution in [-0.4, -0.2) is 36.3 Å². The van der Waals surface area contributed by atoms with E-state index in [0.717, 1.165) is 11.3 Å². The summed E-state index contributed by atoms with van der Waals surface area (Å²) in [6, 6.07) is 11.1. The standard InChI is InChI=1S/C19H22N2O4/c1-13-9-17(22)15(10-20-13)19(23)21-16-7-8-24-12-18(16)25-11-14-5-3-2-4-6-14/h2-6,9-10,16,18H,7-8,11-12H2,1H3,(H,20,22)(H,21,23)/t16-,18-/m1/s1. The Bertz CT molecular complexity index is 772. The topological polar surface area (TPSA) is 80.4 Å². The van der Waals surface area contributed by atoms with Gasteiger partial charge in [0.05, 0.1) is 19.3 Å². The minimum Gasteiger partial charge on any atom is -0.379 e. The second-order valence-corrected chi connectivity index (χ2v) is 6.17. The van der Waals surface area contributed by atoms with Gasteiger partial charge in [0.2, 0.25) is 0 Å². The zero-order valence-electron chi connectivity index (χ0n) is 14.2. The molecule has 1 saturated heterocycles. The number of aromatic nitrogens is 1. The third kappa shape index (κ3) is 4.55. The Hall–Kier alpha value is -2.44. The van der Waals surface area contributed by atoms with Crippen LogP contribution in [0.3, 0.4) is 0 Å². The van der Waals surface area contributed by atoms with Crippen LogP contribution >= 0.6 is 0 Å². The van der Waals surface area contributed by atoms with Crippen LogP contribution in [0.4, 0.5) is 0 Å². The van der Waals surface area contributed by atoms with Gasteiger partial charge in [-0.05, 0) is 18.9 Å². The van der Waals surface area contributed by atoms with Gasteiger partial charge in [-0.25, -0.2) is 0 Å². The van der Waals surface area contributed by atoms with Crippen molar-refractivity contribution in [2.24, 2.45) is 0 Å². The van der Waals surface area contributed by atoms with Gasteiger partial charge in [0.1, 0.15) is 11.7 Å². The highest BCUT2D eigenvalue weighted by atomic mass is 16.5. The third-order valence-corrected chi connectivity index (χ3v) is 4.23. The highest BCUT2D eigenvalue weighted by Gasteiger charge is 2.28. The summed E-state index contributed by atoms with van der Waals surface area (Å²) < 4.78 is 11.4. The van der Waals surface area contributed by atoms with Crippen LogP contribution in [0.1, 0.15) is 28.0 Å². The molecular weight excluding hydrogens is 320 g/mol. The number of ether oxygens (including phenoxy) is 2. The number of carbonyl (C=O) groups excluding carboxylic acids is 1. The van der Waals surface area contributed by atoms with Crippen LogP contribution in [0, 0.1) is 6.92 Å². The predicted molar refractivity (Wildman–Crippen MR) is 93.5 cm³/mol. The van der Waals surface area contributed by atoms with Gasteiger partial charge in [0, 0.05) is 24.6 Å². The van der Waals surface area contributed by atoms with Crippen molar-refractivity contribution in [3.8, 4) is 0 Å². The summed E-state index contributed by atoms with van der Waals surface area (Å²) >= 11 is 0. The lowest BCUT2D eigenvalue weighted by Gasteiger charge is -2.32. The van der Waals surface area contributed by atoms with E-state index < -0.39 is 0 Å². The molecule has 0 spiro atoms. The summed E-state index contributed by atoms with van der Waals surface area (Å²) in [5, 5.41) is 2.92.